The molecule has 1 aliphatic rings. The van der Waals surface area contributed by atoms with Gasteiger partial charge in [-0.15, -0.1) is 0 Å². The van der Waals surface area contributed by atoms with Crippen LogP contribution in [0.15, 0.2) is 48.5 Å². The number of aliphatic hydroxyl groups is 1. The van der Waals surface area contributed by atoms with E-state index in [0.717, 1.165) is 22.3 Å². The first-order valence-electron chi connectivity index (χ1n) is 8.97. The summed E-state index contributed by atoms with van der Waals surface area (Å²) < 4.78 is 5.55. The van der Waals surface area contributed by atoms with Gasteiger partial charge in [0.15, 0.2) is 11.2 Å². The van der Waals surface area contributed by atoms with Gasteiger partial charge in [-0.05, 0) is 31.4 Å². The van der Waals surface area contributed by atoms with Crippen LogP contribution in [-0.4, -0.2) is 16.7 Å². The molecule has 0 fully saturated rings. The van der Waals surface area contributed by atoms with Crippen LogP contribution in [0.4, 0.5) is 0 Å². The fourth-order valence-electron chi connectivity index (χ4n) is 3.13. The van der Waals surface area contributed by atoms with E-state index in [0.29, 0.717) is 6.42 Å². The molecule has 0 spiro atoms. The third kappa shape index (κ3) is 3.13. The second-order valence-electron chi connectivity index (χ2n) is 7.29. The molecule has 1 aliphatic carbocycles. The number of fused-ring (bicyclic) bond motifs is 3. The molecule has 0 amide bonds. The van der Waals surface area contributed by atoms with Gasteiger partial charge in [0, 0.05) is 11.1 Å². The van der Waals surface area contributed by atoms with Crippen LogP contribution in [-0.2, 0) is 15.1 Å². The van der Waals surface area contributed by atoms with Gasteiger partial charge in [0.25, 0.3) is 0 Å². The van der Waals surface area contributed by atoms with Crippen molar-refractivity contribution in [3.05, 3.63) is 59.7 Å². The molecule has 0 bridgehead atoms. The highest BCUT2D eigenvalue weighted by molar-refractivity contribution is 5.82. The Labute approximate surface area is 155 Å². The van der Waals surface area contributed by atoms with Crippen molar-refractivity contribution < 1.29 is 14.6 Å². The van der Waals surface area contributed by atoms with E-state index < -0.39 is 11.2 Å². The molecule has 0 aromatic heterocycles. The van der Waals surface area contributed by atoms with Crippen LogP contribution in [0.1, 0.15) is 45.2 Å². The van der Waals surface area contributed by atoms with Gasteiger partial charge < -0.3 is 9.84 Å². The second kappa shape index (κ2) is 6.63. The number of ether oxygens (including phenoxy) is 1. The highest BCUT2D eigenvalue weighted by Crippen LogP contribution is 2.46. The molecule has 2 aromatic carbocycles. The van der Waals surface area contributed by atoms with Crippen LogP contribution >= 0.6 is 0 Å². The molecule has 3 nitrogen and oxygen atoms in total. The van der Waals surface area contributed by atoms with E-state index in [4.69, 9.17) is 4.74 Å². The smallest absolute Gasteiger partial charge is 0.310 e. The Hall–Kier alpha value is -2.57. The van der Waals surface area contributed by atoms with Gasteiger partial charge in [0.1, 0.15) is 0 Å². The molecule has 2 aromatic rings. The van der Waals surface area contributed by atoms with Gasteiger partial charge in [-0.3, -0.25) is 4.79 Å². The van der Waals surface area contributed by atoms with Gasteiger partial charge in [0.2, 0.25) is 0 Å². The average molecular weight is 348 g/mol. The minimum Gasteiger partial charge on any atom is -0.446 e. The monoisotopic (exact) mass is 348 g/mol. The number of hydrogen-bond acceptors (Lipinski definition) is 3. The predicted molar refractivity (Wildman–Crippen MR) is 102 cm³/mol. The first-order chi connectivity index (χ1) is 12.3. The highest BCUT2D eigenvalue weighted by atomic mass is 16.6. The molecule has 1 unspecified atom stereocenters. The molecule has 0 saturated heterocycles. The summed E-state index contributed by atoms with van der Waals surface area (Å²) in [5.41, 5.74) is 1.09. The minimum absolute atomic E-state index is 0.174. The van der Waals surface area contributed by atoms with Crippen molar-refractivity contribution in [2.45, 2.75) is 45.3 Å². The Morgan fingerprint density at radius 1 is 1.12 bits per heavy atom. The Morgan fingerprint density at radius 3 is 2.12 bits per heavy atom. The zero-order valence-corrected chi connectivity index (χ0v) is 15.7. The lowest BCUT2D eigenvalue weighted by molar-refractivity contribution is -0.156. The lowest BCUT2D eigenvalue weighted by atomic mass is 9.91. The van der Waals surface area contributed by atoms with Crippen molar-refractivity contribution in [1.82, 2.24) is 0 Å². The fraction of sp³-hybridized carbons (Fsp3) is 0.348. The maximum Gasteiger partial charge on any atom is 0.310 e. The van der Waals surface area contributed by atoms with Gasteiger partial charge in [-0.1, -0.05) is 74.2 Å². The highest BCUT2D eigenvalue weighted by Gasteiger charge is 2.40. The molecule has 1 atom stereocenters. The first-order valence-corrected chi connectivity index (χ1v) is 8.97. The van der Waals surface area contributed by atoms with E-state index in [1.807, 2.05) is 62.4 Å². The number of carbonyl (C=O) groups is 1. The number of carbonyl (C=O) groups excluding carboxylic acids is 1. The van der Waals surface area contributed by atoms with Crippen molar-refractivity contribution in [2.24, 2.45) is 5.92 Å². The number of hydrogen-bond donors (Lipinski definition) is 1. The minimum atomic E-state index is -1.41. The lowest BCUT2D eigenvalue weighted by Crippen LogP contribution is -2.30. The van der Waals surface area contributed by atoms with Crippen LogP contribution in [0.5, 0.6) is 0 Å². The molecule has 0 heterocycles. The Morgan fingerprint density at radius 2 is 1.62 bits per heavy atom. The summed E-state index contributed by atoms with van der Waals surface area (Å²) >= 11 is 0. The van der Waals surface area contributed by atoms with Crippen molar-refractivity contribution in [1.29, 1.82) is 0 Å². The topological polar surface area (TPSA) is 46.5 Å². The molecule has 0 aliphatic heterocycles. The zero-order valence-electron chi connectivity index (χ0n) is 15.7. The van der Waals surface area contributed by atoms with E-state index in [9.17, 15) is 9.90 Å². The molecule has 1 N–H and O–H groups in total. The lowest BCUT2D eigenvalue weighted by Gasteiger charge is -2.23. The van der Waals surface area contributed by atoms with Crippen LogP contribution < -0.4 is 0 Å². The summed E-state index contributed by atoms with van der Waals surface area (Å²) in [4.78, 5) is 12.1. The molecule has 3 rings (SSSR count). The van der Waals surface area contributed by atoms with Gasteiger partial charge in [-0.25, -0.2) is 0 Å². The van der Waals surface area contributed by atoms with Crippen LogP contribution in [0, 0.1) is 17.8 Å². The molecule has 134 valence electrons. The van der Waals surface area contributed by atoms with Gasteiger partial charge in [0.05, 0.1) is 5.92 Å². The van der Waals surface area contributed by atoms with E-state index in [1.165, 1.54) is 0 Å². The van der Waals surface area contributed by atoms with Crippen molar-refractivity contribution in [3.8, 4) is 23.0 Å². The quantitative estimate of drug-likeness (QED) is 0.665. The SMILES string of the molecule is CCC(C)C(=O)OC(C)(C)C#CC1(O)c2ccccc2-c2ccccc21. The van der Waals surface area contributed by atoms with Crippen LogP contribution in [0.25, 0.3) is 11.1 Å². The van der Waals surface area contributed by atoms with E-state index in [2.05, 4.69) is 11.8 Å². The van der Waals surface area contributed by atoms with Crippen molar-refractivity contribution in [2.75, 3.05) is 0 Å². The Balaban J connectivity index is 2.00. The molecular formula is C23H24O3. The first kappa shape index (κ1) is 18.2. The van der Waals surface area contributed by atoms with Crippen molar-refractivity contribution in [3.63, 3.8) is 0 Å². The summed E-state index contributed by atoms with van der Waals surface area (Å²) in [6.07, 6.45) is 0.715. The van der Waals surface area contributed by atoms with Gasteiger partial charge in [-0.2, -0.15) is 0 Å². The molecule has 26 heavy (non-hydrogen) atoms. The van der Waals surface area contributed by atoms with E-state index in [-0.39, 0.29) is 11.9 Å². The standard InChI is InChI=1S/C23H24O3/c1-5-16(2)21(24)26-22(3,4)14-15-23(25)19-12-8-6-10-17(19)18-11-7-9-13-20(18)23/h6-13,16,25H,5H2,1-4H3. The van der Waals surface area contributed by atoms with Crippen molar-refractivity contribution >= 4 is 5.97 Å². The third-order valence-corrected chi connectivity index (χ3v) is 4.84. The largest absolute Gasteiger partial charge is 0.446 e. The molecule has 0 radical (unpaired) electrons. The number of rotatable bonds is 3. The zero-order chi connectivity index (χ0) is 18.9. The van der Waals surface area contributed by atoms with E-state index in [1.54, 1.807) is 13.8 Å². The predicted octanol–water partition coefficient (Wildman–Crippen LogP) is 4.27. The third-order valence-electron chi connectivity index (χ3n) is 4.84. The summed E-state index contributed by atoms with van der Waals surface area (Å²) in [5.74, 6) is 5.55. The molecule has 0 saturated carbocycles. The fourth-order valence-corrected chi connectivity index (χ4v) is 3.13. The summed E-state index contributed by atoms with van der Waals surface area (Å²) in [7, 11) is 0. The summed E-state index contributed by atoms with van der Waals surface area (Å²) in [6, 6.07) is 15.4. The normalized spacial score (nSPS) is 15.3. The number of esters is 1. The number of benzene rings is 2. The van der Waals surface area contributed by atoms with Crippen LogP contribution in [0.2, 0.25) is 0 Å². The Bertz CT molecular complexity index is 853. The summed E-state index contributed by atoms with van der Waals surface area (Å²) in [5, 5.41) is 11.4. The maximum absolute atomic E-state index is 12.1. The summed E-state index contributed by atoms with van der Waals surface area (Å²) in [6.45, 7) is 7.27. The maximum atomic E-state index is 12.1. The van der Waals surface area contributed by atoms with Crippen LogP contribution in [0.3, 0.4) is 0 Å². The second-order valence-corrected chi connectivity index (χ2v) is 7.29. The molecule has 3 heteroatoms. The van der Waals surface area contributed by atoms with Gasteiger partial charge >= 0.3 is 5.97 Å². The van der Waals surface area contributed by atoms with E-state index >= 15 is 0 Å². The molecular weight excluding hydrogens is 324 g/mol. The Kier molecular flexibility index (Phi) is 4.64. The average Bonchev–Trinajstić information content (AvgIpc) is 2.89.